The van der Waals surface area contributed by atoms with Gasteiger partial charge in [0.05, 0.1) is 10.7 Å². The number of aliphatic hydroxyl groups is 2. The van der Waals surface area contributed by atoms with Crippen molar-refractivity contribution in [1.82, 2.24) is 5.32 Å². The molecule has 9 nitrogen and oxygen atoms in total. The molecule has 5 rings (SSSR count). The fraction of sp³-hybridized carbons (Fsp3) is 0.636. The van der Waals surface area contributed by atoms with Gasteiger partial charge in [-0.15, -0.1) is 0 Å². The van der Waals surface area contributed by atoms with Gasteiger partial charge in [0, 0.05) is 31.4 Å². The predicted octanol–water partition coefficient (Wildman–Crippen LogP) is 4.93. The lowest BCUT2D eigenvalue weighted by Crippen LogP contribution is -2.66. The molecule has 1 saturated carbocycles. The van der Waals surface area contributed by atoms with Gasteiger partial charge in [0.2, 0.25) is 0 Å². The molecule has 0 unspecified atom stereocenters. The van der Waals surface area contributed by atoms with E-state index in [0.717, 1.165) is 30.4 Å². The van der Waals surface area contributed by atoms with Crippen molar-refractivity contribution < 1.29 is 34.1 Å². The fourth-order valence-corrected chi connectivity index (χ4v) is 7.87. The molecule has 0 aromatic heterocycles. The number of carbonyl (C=O) groups excluding carboxylic acids is 2. The Morgan fingerprint density at radius 1 is 1.23 bits per heavy atom. The largest absolute Gasteiger partial charge is 0.454 e. The number of benzene rings is 1. The Hall–Kier alpha value is -2.43. The van der Waals surface area contributed by atoms with Crippen LogP contribution in [0.4, 0.5) is 5.69 Å². The van der Waals surface area contributed by atoms with E-state index in [2.05, 4.69) is 18.8 Å². The molecule has 2 aliphatic carbocycles. The van der Waals surface area contributed by atoms with Crippen LogP contribution in [-0.4, -0.2) is 59.3 Å². The quantitative estimate of drug-likeness (QED) is 0.212. The van der Waals surface area contributed by atoms with Gasteiger partial charge in [0.1, 0.15) is 17.2 Å². The number of carbonyl (C=O) groups is 2. The van der Waals surface area contributed by atoms with Crippen LogP contribution in [0.2, 0.25) is 5.02 Å². The summed E-state index contributed by atoms with van der Waals surface area (Å²) in [5.74, 6) is -1.68. The number of halogens is 1. The van der Waals surface area contributed by atoms with Crippen LogP contribution in [-0.2, 0) is 29.5 Å². The Balaban J connectivity index is 1.45. The van der Waals surface area contributed by atoms with E-state index in [0.29, 0.717) is 29.1 Å². The van der Waals surface area contributed by atoms with Crippen molar-refractivity contribution in [3.05, 3.63) is 52.6 Å². The second-order valence-corrected chi connectivity index (χ2v) is 13.4. The third-order valence-corrected chi connectivity index (χ3v) is 10.3. The Morgan fingerprint density at radius 2 is 1.98 bits per heavy atom. The number of rotatable bonds is 8. The maximum atomic E-state index is 14.0. The maximum Gasteiger partial charge on any atom is 0.323 e. The fourth-order valence-electron chi connectivity index (χ4n) is 7.57. The van der Waals surface area contributed by atoms with Gasteiger partial charge in [0.15, 0.2) is 18.4 Å². The summed E-state index contributed by atoms with van der Waals surface area (Å²) in [5.41, 5.74) is -0.294. The van der Waals surface area contributed by atoms with Crippen molar-refractivity contribution in [3.63, 3.8) is 0 Å². The molecule has 1 saturated heterocycles. The number of ether oxygens (including phenoxy) is 2. The third-order valence-electron chi connectivity index (χ3n) is 10.0. The van der Waals surface area contributed by atoms with Crippen LogP contribution in [0.1, 0.15) is 78.2 Å². The molecular weight excluding hydrogens is 572 g/mol. The minimum Gasteiger partial charge on any atom is -0.454 e. The summed E-state index contributed by atoms with van der Waals surface area (Å²) in [6.45, 7) is 12.0. The number of para-hydroxylation sites is 1. The highest BCUT2D eigenvalue weighted by molar-refractivity contribution is 6.33. The van der Waals surface area contributed by atoms with Crippen LogP contribution in [0.5, 0.6) is 0 Å². The number of esters is 2. The Labute approximate surface area is 259 Å². The van der Waals surface area contributed by atoms with Crippen LogP contribution in [0.3, 0.4) is 0 Å². The van der Waals surface area contributed by atoms with E-state index in [1.54, 1.807) is 25.2 Å². The summed E-state index contributed by atoms with van der Waals surface area (Å²) in [5, 5.41) is 29.3. The van der Waals surface area contributed by atoms with E-state index in [-0.39, 0.29) is 30.6 Å². The first-order valence-electron chi connectivity index (χ1n) is 15.5. The zero-order chi connectivity index (χ0) is 31.3. The number of hydrogen-bond acceptors (Lipinski definition) is 9. The highest BCUT2D eigenvalue weighted by atomic mass is 35.5. The topological polar surface area (TPSA) is 118 Å². The first-order valence-corrected chi connectivity index (χ1v) is 15.8. The van der Waals surface area contributed by atoms with Gasteiger partial charge in [-0.05, 0) is 56.6 Å². The summed E-state index contributed by atoms with van der Waals surface area (Å²) in [6, 6.07) is 4.26. The number of nitrogens with zero attached hydrogens (tertiary/aromatic N) is 1. The van der Waals surface area contributed by atoms with Crippen molar-refractivity contribution in [2.45, 2.75) is 108 Å². The molecule has 43 heavy (non-hydrogen) atoms. The third kappa shape index (κ3) is 5.52. The standard InChI is InChI=1S/C33H45ClN2O7/c1-7-8-9-13-26(37)41-28-19(4)16-23-21(18(2)3)15-14-20(5)33(23,40)29(28)42-30(38)25-17-32(39)22-11-10-12-24(34)27(22)36(6)43-31(32)35-25/h10-12,16,20-21,23,25,28-29,31,35,39-40H,2,7-9,13-15,17H2,1,3-6H3/t20-,21+,23-,25+,28-,29+,31-,32-,33-/m1/s1. The Kier molecular flexibility index (Phi) is 9.04. The molecule has 9 atom stereocenters. The van der Waals surface area contributed by atoms with E-state index in [4.69, 9.17) is 25.9 Å². The van der Waals surface area contributed by atoms with E-state index in [1.165, 1.54) is 5.06 Å². The van der Waals surface area contributed by atoms with Crippen molar-refractivity contribution in [2.24, 2.45) is 17.8 Å². The van der Waals surface area contributed by atoms with Crippen molar-refractivity contribution in [2.75, 3.05) is 12.1 Å². The molecule has 4 aliphatic rings. The Bertz CT molecular complexity index is 1300. The van der Waals surface area contributed by atoms with Gasteiger partial charge < -0.3 is 19.7 Å². The van der Waals surface area contributed by atoms with Crippen molar-refractivity contribution in [3.8, 4) is 0 Å². The summed E-state index contributed by atoms with van der Waals surface area (Å²) in [6.07, 6.45) is 3.28. The number of anilines is 1. The van der Waals surface area contributed by atoms with Crippen LogP contribution >= 0.6 is 11.6 Å². The van der Waals surface area contributed by atoms with Gasteiger partial charge in [-0.3, -0.25) is 24.8 Å². The summed E-state index contributed by atoms with van der Waals surface area (Å²) < 4.78 is 12.2. The van der Waals surface area contributed by atoms with Crippen molar-refractivity contribution >= 4 is 29.2 Å². The number of fused-ring (bicyclic) bond motifs is 4. The molecule has 236 valence electrons. The first kappa shape index (κ1) is 32.0. The number of allylic oxidation sites excluding steroid dienone is 1. The molecule has 10 heteroatoms. The lowest BCUT2D eigenvalue weighted by molar-refractivity contribution is -0.221. The number of hydrogen-bond donors (Lipinski definition) is 3. The van der Waals surface area contributed by atoms with Gasteiger partial charge >= 0.3 is 11.9 Å². The maximum absolute atomic E-state index is 14.0. The molecule has 2 aliphatic heterocycles. The SMILES string of the molecule is C=C(C)[C@@H]1CC[C@@H](C)[C@@]2(O)[C@@H]1C=C(C)[C@@H](OC(=O)CCCCC)[C@@H]2OC(=O)[C@@H]1C[C@@]2(O)c3cccc(Cl)c3N(C)O[C@H]2N1. The second-order valence-electron chi connectivity index (χ2n) is 12.9. The molecule has 2 fully saturated rings. The molecule has 0 radical (unpaired) electrons. The smallest absolute Gasteiger partial charge is 0.323 e. The molecular formula is C33H45ClN2O7. The minimum absolute atomic E-state index is 0.0167. The average Bonchev–Trinajstić information content (AvgIpc) is 3.30. The lowest BCUT2D eigenvalue weighted by atomic mass is 9.56. The summed E-state index contributed by atoms with van der Waals surface area (Å²) >= 11 is 6.43. The van der Waals surface area contributed by atoms with Crippen LogP contribution in [0.15, 0.2) is 42.0 Å². The normalized spacial score (nSPS) is 36.6. The summed E-state index contributed by atoms with van der Waals surface area (Å²) in [7, 11) is 1.69. The predicted molar refractivity (Wildman–Crippen MR) is 163 cm³/mol. The molecule has 0 bridgehead atoms. The molecule has 0 spiro atoms. The molecule has 2 heterocycles. The van der Waals surface area contributed by atoms with Crippen LogP contribution in [0.25, 0.3) is 0 Å². The van der Waals surface area contributed by atoms with Gasteiger partial charge in [-0.2, -0.15) is 0 Å². The zero-order valence-electron chi connectivity index (χ0n) is 25.8. The molecule has 1 aromatic carbocycles. The number of unbranched alkanes of at least 4 members (excludes halogenated alkanes) is 2. The highest BCUT2D eigenvalue weighted by Gasteiger charge is 2.61. The average molecular weight is 617 g/mol. The lowest BCUT2D eigenvalue weighted by Gasteiger charge is -2.55. The first-order chi connectivity index (χ1) is 20.3. The monoisotopic (exact) mass is 616 g/mol. The van der Waals surface area contributed by atoms with Gasteiger partial charge in [-0.1, -0.05) is 68.7 Å². The minimum atomic E-state index is -1.55. The number of nitrogens with one attached hydrogen (secondary N) is 1. The highest BCUT2D eigenvalue weighted by Crippen LogP contribution is 2.53. The van der Waals surface area contributed by atoms with E-state index < -0.39 is 47.6 Å². The van der Waals surface area contributed by atoms with E-state index in [1.807, 2.05) is 26.8 Å². The zero-order valence-corrected chi connectivity index (χ0v) is 26.5. The summed E-state index contributed by atoms with van der Waals surface area (Å²) in [4.78, 5) is 32.9. The molecule has 0 amide bonds. The molecule has 1 aromatic rings. The second kappa shape index (κ2) is 12.2. The molecule has 3 N–H and O–H groups in total. The van der Waals surface area contributed by atoms with E-state index in [9.17, 15) is 19.8 Å². The van der Waals surface area contributed by atoms with Gasteiger partial charge in [0.25, 0.3) is 0 Å². The van der Waals surface area contributed by atoms with Crippen LogP contribution in [0, 0.1) is 17.8 Å². The Morgan fingerprint density at radius 3 is 2.67 bits per heavy atom. The van der Waals surface area contributed by atoms with E-state index >= 15 is 0 Å². The van der Waals surface area contributed by atoms with Crippen molar-refractivity contribution in [1.29, 1.82) is 0 Å². The van der Waals surface area contributed by atoms with Crippen LogP contribution < -0.4 is 10.4 Å². The van der Waals surface area contributed by atoms with Gasteiger partial charge in [-0.25, -0.2) is 0 Å². The number of hydroxylamine groups is 1.